The van der Waals surface area contributed by atoms with Crippen LogP contribution in [0.25, 0.3) is 0 Å². The van der Waals surface area contributed by atoms with Gasteiger partial charge in [0.1, 0.15) is 0 Å². The van der Waals surface area contributed by atoms with Crippen LogP contribution in [0, 0.1) is 0 Å². The zero-order valence-corrected chi connectivity index (χ0v) is 40.4. The molecule has 0 radical (unpaired) electrons. The van der Waals surface area contributed by atoms with E-state index in [2.05, 4.69) is 26.9 Å². The van der Waals surface area contributed by atoms with E-state index in [0.717, 1.165) is 0 Å². The maximum atomic E-state index is 6.66. The Morgan fingerprint density at radius 3 is 0.426 bits per heavy atom. The van der Waals surface area contributed by atoms with Gasteiger partial charge in [-0.1, -0.05) is 238 Å². The average Bonchev–Trinajstić information content (AvgIpc) is 3.13. The van der Waals surface area contributed by atoms with Gasteiger partial charge in [-0.3, -0.25) is 0 Å². The fraction of sp³-hybridized carbons (Fsp3) is 1.00. The summed E-state index contributed by atoms with van der Waals surface area (Å²) >= 11 is 6.66. The molecule has 2 heteroatoms. The molecule has 0 heterocycles. The van der Waals surface area contributed by atoms with Crippen molar-refractivity contribution >= 4 is 17.2 Å². The quantitative estimate of drug-likeness (QED) is 0.0425. The van der Waals surface area contributed by atoms with Crippen molar-refractivity contribution in [1.82, 2.24) is 0 Å². The summed E-state index contributed by atoms with van der Waals surface area (Å²) in [5.41, 5.74) is 0. The number of hydrogen-bond acceptors (Lipinski definition) is 0. The molecule has 0 rings (SSSR count). The Hall–Kier alpha value is 0.720. The summed E-state index contributed by atoms with van der Waals surface area (Å²) < 4.78 is 0. The van der Waals surface area contributed by atoms with E-state index < -0.39 is 5.96 Å². The SMILES string of the molecule is CCCCCCCCCCCCCCCCCCCCCCCCCCCCCCCCCCCCCCCCCCCCCCCCCP(C)(C)(C)Cl. The molecule has 0 aliphatic carbocycles. The van der Waals surface area contributed by atoms with Crippen molar-refractivity contribution in [3.05, 3.63) is 0 Å². The van der Waals surface area contributed by atoms with Crippen LogP contribution in [-0.2, 0) is 0 Å². The van der Waals surface area contributed by atoms with Crippen molar-refractivity contribution in [2.75, 3.05) is 26.2 Å². The Bertz CT molecular complexity index is 670. The second-order valence-electron chi connectivity index (χ2n) is 19.9. The number of unbranched alkanes of at least 4 members (excludes halogenated alkanes) is 46. The van der Waals surface area contributed by atoms with Gasteiger partial charge in [0.05, 0.1) is 0 Å². The third kappa shape index (κ3) is 52.7. The Balaban J connectivity index is 3.08. The molecule has 0 fully saturated rings. The molecule has 0 aromatic rings. The van der Waals surface area contributed by atoms with Gasteiger partial charge in [-0.15, -0.1) is 0 Å². The fourth-order valence-corrected chi connectivity index (χ4v) is 10.3. The molecule has 54 heavy (non-hydrogen) atoms. The zero-order valence-electron chi connectivity index (χ0n) is 38.8. The van der Waals surface area contributed by atoms with E-state index in [0.29, 0.717) is 0 Å². The van der Waals surface area contributed by atoms with E-state index in [9.17, 15) is 0 Å². The van der Waals surface area contributed by atoms with Gasteiger partial charge in [0.25, 0.3) is 0 Å². The Kier molecular flexibility index (Phi) is 43.9. The maximum absolute atomic E-state index is 6.66. The first-order chi connectivity index (χ1) is 26.3. The molecule has 0 unspecified atom stereocenters. The van der Waals surface area contributed by atoms with E-state index in [4.69, 9.17) is 11.2 Å². The monoisotopic (exact) mass is 799 g/mol. The van der Waals surface area contributed by atoms with Crippen LogP contribution in [0.15, 0.2) is 0 Å². The van der Waals surface area contributed by atoms with Crippen LogP contribution in [0.5, 0.6) is 0 Å². The summed E-state index contributed by atoms with van der Waals surface area (Å²) in [5, 5.41) is 0. The summed E-state index contributed by atoms with van der Waals surface area (Å²) in [7, 11) is 0. The molecule has 0 spiro atoms. The van der Waals surface area contributed by atoms with Crippen molar-refractivity contribution in [2.45, 2.75) is 309 Å². The molecule has 0 aliphatic rings. The van der Waals surface area contributed by atoms with E-state index in [-0.39, 0.29) is 0 Å². The van der Waals surface area contributed by atoms with Crippen molar-refractivity contribution < 1.29 is 0 Å². The number of rotatable bonds is 48. The third-order valence-electron chi connectivity index (χ3n) is 12.5. The first kappa shape index (κ1) is 54.7. The molecule has 0 bridgehead atoms. The normalized spacial score (nSPS) is 12.8. The minimum atomic E-state index is -1.77. The Morgan fingerprint density at radius 1 is 0.204 bits per heavy atom. The molecule has 0 nitrogen and oxygen atoms in total. The van der Waals surface area contributed by atoms with E-state index in [1.165, 1.54) is 308 Å². The van der Waals surface area contributed by atoms with Crippen LogP contribution in [0.4, 0.5) is 0 Å². The second kappa shape index (κ2) is 43.3. The molecule has 328 valence electrons. The summed E-state index contributed by atoms with van der Waals surface area (Å²) in [6, 6.07) is 0. The van der Waals surface area contributed by atoms with Gasteiger partial charge in [0.15, 0.2) is 0 Å². The third-order valence-corrected chi connectivity index (χ3v) is 14.9. The molecule has 0 saturated heterocycles. The predicted molar refractivity (Wildman–Crippen MR) is 258 cm³/mol. The van der Waals surface area contributed by atoms with Gasteiger partial charge < -0.3 is 0 Å². The second-order valence-corrected chi connectivity index (χ2v) is 29.9. The van der Waals surface area contributed by atoms with Crippen LogP contribution in [-0.4, -0.2) is 26.2 Å². The molecular formula is C52H108ClP. The van der Waals surface area contributed by atoms with Crippen LogP contribution in [0.1, 0.15) is 309 Å². The van der Waals surface area contributed by atoms with E-state index in [1.54, 1.807) is 0 Å². The molecule has 0 aromatic heterocycles. The van der Waals surface area contributed by atoms with Crippen LogP contribution in [0.3, 0.4) is 0 Å². The van der Waals surface area contributed by atoms with E-state index >= 15 is 0 Å². The molecule has 0 aliphatic heterocycles. The van der Waals surface area contributed by atoms with E-state index in [1.807, 2.05) is 0 Å². The summed E-state index contributed by atoms with van der Waals surface area (Å²) in [4.78, 5) is 0. The average molecular weight is 800 g/mol. The van der Waals surface area contributed by atoms with Gasteiger partial charge >= 0.3 is 114 Å². The van der Waals surface area contributed by atoms with Crippen molar-refractivity contribution in [3.63, 3.8) is 0 Å². The van der Waals surface area contributed by atoms with Gasteiger partial charge in [0.2, 0.25) is 0 Å². The topological polar surface area (TPSA) is 0 Å². The van der Waals surface area contributed by atoms with Crippen molar-refractivity contribution in [3.8, 4) is 0 Å². The molecule has 0 N–H and O–H groups in total. The summed E-state index contributed by atoms with van der Waals surface area (Å²) in [6.07, 6.45) is 70.7. The van der Waals surface area contributed by atoms with Crippen LogP contribution < -0.4 is 0 Å². The Morgan fingerprint density at radius 2 is 0.315 bits per heavy atom. The van der Waals surface area contributed by atoms with Gasteiger partial charge in [-0.25, -0.2) is 0 Å². The van der Waals surface area contributed by atoms with Gasteiger partial charge in [0, 0.05) is 0 Å². The van der Waals surface area contributed by atoms with Crippen LogP contribution >= 0.6 is 17.2 Å². The first-order valence-electron chi connectivity index (χ1n) is 26.0. The Labute approximate surface area is 350 Å². The molecule has 0 aromatic carbocycles. The predicted octanol–water partition coefficient (Wildman–Crippen LogP) is 20.9. The standard InChI is InChI=1S/C52H108ClP/c1-5-6-7-8-9-10-11-12-13-14-15-16-17-18-19-20-21-22-23-24-25-26-27-28-29-30-31-32-33-34-35-36-37-38-39-40-41-42-43-44-45-46-47-48-49-50-51-52-54(2,3,4)53/h5-52H2,1-4H3. The fourth-order valence-electron chi connectivity index (χ4n) is 8.67. The van der Waals surface area contributed by atoms with Gasteiger partial charge in [-0.2, -0.15) is 0 Å². The number of halogens is 1. The first-order valence-corrected chi connectivity index (χ1v) is 30.7. The van der Waals surface area contributed by atoms with Crippen molar-refractivity contribution in [2.24, 2.45) is 0 Å². The zero-order chi connectivity index (χ0) is 39.4. The van der Waals surface area contributed by atoms with Gasteiger partial charge in [-0.05, 0) is 0 Å². The van der Waals surface area contributed by atoms with Crippen molar-refractivity contribution in [1.29, 1.82) is 0 Å². The molecule has 0 atom stereocenters. The summed E-state index contributed by atoms with van der Waals surface area (Å²) in [6.45, 7) is 9.19. The molecular weight excluding hydrogens is 691 g/mol. The number of hydrogen-bond donors (Lipinski definition) is 0. The summed E-state index contributed by atoms with van der Waals surface area (Å²) in [5.74, 6) is -1.77. The molecule has 0 saturated carbocycles. The minimum absolute atomic E-state index is 1.26. The molecule has 0 amide bonds. The van der Waals surface area contributed by atoms with Crippen LogP contribution in [0.2, 0.25) is 0 Å².